The molecule has 1 aliphatic heterocycles. The first-order chi connectivity index (χ1) is 13.4. The van der Waals surface area contributed by atoms with Gasteiger partial charge < -0.3 is 5.32 Å². The number of benzene rings is 2. The lowest BCUT2D eigenvalue weighted by atomic mass is 9.88. The van der Waals surface area contributed by atoms with Gasteiger partial charge in [0.25, 0.3) is 0 Å². The Hall–Kier alpha value is -3.01. The minimum absolute atomic E-state index is 0.584. The second-order valence-corrected chi connectivity index (χ2v) is 7.62. The van der Waals surface area contributed by atoms with E-state index in [4.69, 9.17) is 9.98 Å². The highest BCUT2D eigenvalue weighted by atomic mass is 15.1. The van der Waals surface area contributed by atoms with Crippen molar-refractivity contribution >= 4 is 11.7 Å². The van der Waals surface area contributed by atoms with Crippen LogP contribution in [0.1, 0.15) is 44.6 Å². The van der Waals surface area contributed by atoms with Gasteiger partial charge in [-0.2, -0.15) is 0 Å². The van der Waals surface area contributed by atoms with Crippen LogP contribution in [-0.4, -0.2) is 22.7 Å². The molecule has 0 bridgehead atoms. The summed E-state index contributed by atoms with van der Waals surface area (Å²) in [4.78, 5) is 14.5. The van der Waals surface area contributed by atoms with Gasteiger partial charge in [-0.1, -0.05) is 18.2 Å². The van der Waals surface area contributed by atoms with Gasteiger partial charge in [-0.15, -0.1) is 0 Å². The minimum Gasteiger partial charge on any atom is -0.357 e. The molecule has 0 fully saturated rings. The van der Waals surface area contributed by atoms with E-state index in [1.165, 1.54) is 27.8 Å². The third-order valence-electron chi connectivity index (χ3n) is 5.69. The van der Waals surface area contributed by atoms with E-state index < -0.39 is 0 Å². The van der Waals surface area contributed by atoms with E-state index in [2.05, 4.69) is 68.3 Å². The summed E-state index contributed by atoms with van der Waals surface area (Å²) in [5.41, 5.74) is 12.6. The quantitative estimate of drug-likeness (QED) is 0.684. The summed E-state index contributed by atoms with van der Waals surface area (Å²) in [6.45, 7) is 11.3. The first-order valence-corrected chi connectivity index (χ1v) is 9.69. The molecule has 1 N–H and O–H groups in total. The maximum absolute atomic E-state index is 5.10. The summed E-state index contributed by atoms with van der Waals surface area (Å²) in [5, 5.41) is 3.10. The van der Waals surface area contributed by atoms with E-state index in [0.717, 1.165) is 33.8 Å². The molecule has 0 saturated heterocycles. The molecule has 0 amide bonds. The van der Waals surface area contributed by atoms with Gasteiger partial charge in [-0.25, -0.2) is 9.97 Å². The maximum Gasteiger partial charge on any atom is 0.223 e. The van der Waals surface area contributed by atoms with Gasteiger partial charge in [0.2, 0.25) is 5.95 Å². The van der Waals surface area contributed by atoms with Crippen LogP contribution >= 0.6 is 0 Å². The van der Waals surface area contributed by atoms with E-state index in [9.17, 15) is 0 Å². The van der Waals surface area contributed by atoms with Gasteiger partial charge in [0.1, 0.15) is 0 Å². The number of nitrogens with one attached hydrogen (secondary N) is 1. The number of rotatable bonds is 2. The first kappa shape index (κ1) is 18.4. The highest BCUT2D eigenvalue weighted by Gasteiger charge is 2.24. The summed E-state index contributed by atoms with van der Waals surface area (Å²) in [6, 6.07) is 10.9. The molecule has 0 aliphatic carbocycles. The second kappa shape index (κ2) is 6.86. The van der Waals surface area contributed by atoms with Crippen LogP contribution in [0.2, 0.25) is 0 Å². The number of aliphatic imine (C=N–C) groups is 1. The van der Waals surface area contributed by atoms with Crippen molar-refractivity contribution in [3.05, 3.63) is 75.0 Å². The van der Waals surface area contributed by atoms with Crippen molar-refractivity contribution in [1.82, 2.24) is 9.97 Å². The summed E-state index contributed by atoms with van der Waals surface area (Å²) < 4.78 is 0. The number of anilines is 1. The highest BCUT2D eigenvalue weighted by molar-refractivity contribution is 6.18. The lowest BCUT2D eigenvalue weighted by Crippen LogP contribution is -2.10. The predicted octanol–water partition coefficient (Wildman–Crippen LogP) is 5.08. The Balaban J connectivity index is 2.08. The third-order valence-corrected chi connectivity index (χ3v) is 5.69. The van der Waals surface area contributed by atoms with Gasteiger partial charge in [-0.05, 0) is 69.0 Å². The molecule has 3 aromatic rings. The van der Waals surface area contributed by atoms with E-state index in [-0.39, 0.29) is 0 Å². The van der Waals surface area contributed by atoms with Crippen LogP contribution in [0.5, 0.6) is 0 Å². The predicted molar refractivity (Wildman–Crippen MR) is 116 cm³/mol. The van der Waals surface area contributed by atoms with Crippen molar-refractivity contribution in [3.63, 3.8) is 0 Å². The average molecular weight is 371 g/mol. The smallest absolute Gasteiger partial charge is 0.223 e. The zero-order valence-corrected chi connectivity index (χ0v) is 17.4. The normalized spacial score (nSPS) is 12.7. The lowest BCUT2D eigenvalue weighted by molar-refractivity contribution is 0.980. The van der Waals surface area contributed by atoms with Crippen molar-refractivity contribution in [3.8, 4) is 11.3 Å². The highest BCUT2D eigenvalue weighted by Crippen LogP contribution is 2.35. The zero-order chi connectivity index (χ0) is 20.0. The largest absolute Gasteiger partial charge is 0.357 e. The minimum atomic E-state index is 0.584. The fourth-order valence-corrected chi connectivity index (χ4v) is 3.97. The number of hydrogen-bond donors (Lipinski definition) is 1. The summed E-state index contributed by atoms with van der Waals surface area (Å²) in [7, 11) is 1.86. The van der Waals surface area contributed by atoms with Crippen molar-refractivity contribution in [2.45, 2.75) is 41.2 Å². The Morgan fingerprint density at radius 2 is 1.46 bits per heavy atom. The molecule has 1 aliphatic rings. The average Bonchev–Trinajstić information content (AvgIpc) is 2.80. The van der Waals surface area contributed by atoms with Crippen LogP contribution < -0.4 is 5.32 Å². The topological polar surface area (TPSA) is 50.2 Å². The Morgan fingerprint density at radius 1 is 0.821 bits per heavy atom. The van der Waals surface area contributed by atoms with Crippen LogP contribution in [0.4, 0.5) is 5.95 Å². The maximum atomic E-state index is 5.10. The molecule has 0 spiro atoms. The van der Waals surface area contributed by atoms with E-state index >= 15 is 0 Å². The molecule has 2 heterocycles. The fourth-order valence-electron chi connectivity index (χ4n) is 3.97. The summed E-state index contributed by atoms with van der Waals surface area (Å²) in [6.07, 6.45) is 0. The molecule has 4 nitrogen and oxygen atoms in total. The molecule has 0 atom stereocenters. The third kappa shape index (κ3) is 2.89. The fraction of sp³-hybridized carbons (Fsp3) is 0.292. The zero-order valence-electron chi connectivity index (χ0n) is 17.4. The lowest BCUT2D eigenvalue weighted by Gasteiger charge is -2.17. The molecule has 2 aromatic carbocycles. The molecule has 4 rings (SSSR count). The Kier molecular flexibility index (Phi) is 4.50. The molecule has 142 valence electrons. The second-order valence-electron chi connectivity index (χ2n) is 7.62. The van der Waals surface area contributed by atoms with E-state index in [1.807, 2.05) is 14.0 Å². The summed E-state index contributed by atoms with van der Waals surface area (Å²) in [5.74, 6) is 0.649. The Bertz CT molecular complexity index is 1110. The monoisotopic (exact) mass is 370 g/mol. The number of aryl methyl sites for hydroxylation is 5. The molecule has 1 aromatic heterocycles. The van der Waals surface area contributed by atoms with Crippen LogP contribution in [0, 0.1) is 34.6 Å². The summed E-state index contributed by atoms with van der Waals surface area (Å²) >= 11 is 0. The number of hydrogen-bond acceptors (Lipinski definition) is 4. The Labute approximate surface area is 166 Å². The standard InChI is InChI=1S/C24H26N4/c1-13-8-7-9-14(2)21(13)23-19-11-16(4)15(3)10-18(19)22-20(12-26-23)17(5)27-24(25-6)28-22/h7-11H,12H2,1-6H3,(H,25,27,28). The van der Waals surface area contributed by atoms with E-state index in [0.29, 0.717) is 12.5 Å². The first-order valence-electron chi connectivity index (χ1n) is 9.69. The van der Waals surface area contributed by atoms with Crippen LogP contribution in [0.25, 0.3) is 11.3 Å². The number of nitrogens with zero attached hydrogens (tertiary/aromatic N) is 3. The van der Waals surface area contributed by atoms with Crippen molar-refractivity contribution in [1.29, 1.82) is 0 Å². The molecule has 4 heteroatoms. The van der Waals surface area contributed by atoms with Gasteiger partial charge in [-0.3, -0.25) is 4.99 Å². The molecular weight excluding hydrogens is 344 g/mol. The molecule has 28 heavy (non-hydrogen) atoms. The Morgan fingerprint density at radius 3 is 2.11 bits per heavy atom. The number of fused-ring (bicyclic) bond motifs is 3. The van der Waals surface area contributed by atoms with Crippen LogP contribution in [0.3, 0.4) is 0 Å². The van der Waals surface area contributed by atoms with Gasteiger partial charge in [0.05, 0.1) is 18.0 Å². The van der Waals surface area contributed by atoms with Crippen LogP contribution in [0.15, 0.2) is 35.3 Å². The van der Waals surface area contributed by atoms with Crippen molar-refractivity contribution in [2.75, 3.05) is 12.4 Å². The molecule has 0 unspecified atom stereocenters. The van der Waals surface area contributed by atoms with Crippen molar-refractivity contribution < 1.29 is 0 Å². The molecule has 0 saturated carbocycles. The van der Waals surface area contributed by atoms with Crippen LogP contribution in [-0.2, 0) is 6.54 Å². The SMILES string of the molecule is CNc1nc(C)c2c(n1)-c1cc(C)c(C)cc1C(c1c(C)cccc1C)=NC2. The molecule has 0 radical (unpaired) electrons. The van der Waals surface area contributed by atoms with Gasteiger partial charge in [0, 0.05) is 35.0 Å². The van der Waals surface area contributed by atoms with Crippen molar-refractivity contribution in [2.24, 2.45) is 4.99 Å². The van der Waals surface area contributed by atoms with Gasteiger partial charge >= 0.3 is 0 Å². The van der Waals surface area contributed by atoms with E-state index in [1.54, 1.807) is 0 Å². The van der Waals surface area contributed by atoms with Gasteiger partial charge in [0.15, 0.2) is 0 Å². The molecular formula is C24H26N4. The number of aromatic nitrogens is 2.